The van der Waals surface area contributed by atoms with E-state index in [0.29, 0.717) is 11.5 Å². The first kappa shape index (κ1) is 22.0. The van der Waals surface area contributed by atoms with E-state index in [4.69, 9.17) is 0 Å². The zero-order valence-corrected chi connectivity index (χ0v) is 19.7. The molecule has 3 aromatic heterocycles. The second kappa shape index (κ2) is 9.59. The third kappa shape index (κ3) is 4.76. The summed E-state index contributed by atoms with van der Waals surface area (Å²) in [5.41, 5.74) is 6.62. The van der Waals surface area contributed by atoms with E-state index in [2.05, 4.69) is 50.3 Å². The molecule has 1 saturated heterocycles. The van der Waals surface area contributed by atoms with E-state index in [1.165, 1.54) is 5.56 Å². The van der Waals surface area contributed by atoms with Crippen molar-refractivity contribution < 1.29 is 4.79 Å². The van der Waals surface area contributed by atoms with Crippen molar-refractivity contribution in [3.8, 4) is 22.6 Å². The number of benzene rings is 1. The lowest BCUT2D eigenvalue weighted by molar-refractivity contribution is 0.0690. The van der Waals surface area contributed by atoms with Crippen molar-refractivity contribution in [2.24, 2.45) is 5.92 Å². The van der Waals surface area contributed by atoms with E-state index in [0.717, 1.165) is 66.4 Å². The Morgan fingerprint density at radius 3 is 2.56 bits per heavy atom. The summed E-state index contributed by atoms with van der Waals surface area (Å²) >= 11 is 0. The number of aromatic amines is 1. The lowest BCUT2D eigenvalue weighted by atomic mass is 9.90. The van der Waals surface area contributed by atoms with Crippen LogP contribution in [0.1, 0.15) is 40.2 Å². The van der Waals surface area contributed by atoms with Gasteiger partial charge in [-0.05, 0) is 68.4 Å². The molecule has 0 aliphatic carbocycles. The molecule has 1 N–H and O–H groups in total. The fourth-order valence-electron chi connectivity index (χ4n) is 4.59. The van der Waals surface area contributed by atoms with Crippen molar-refractivity contribution in [1.82, 2.24) is 24.8 Å². The molecule has 1 fully saturated rings. The highest BCUT2D eigenvalue weighted by Crippen LogP contribution is 2.26. The number of amides is 1. The average molecular weight is 452 g/mol. The number of pyridine rings is 2. The third-order valence-corrected chi connectivity index (χ3v) is 6.72. The molecule has 5 rings (SSSR count). The molecule has 6 nitrogen and oxygen atoms in total. The molecule has 4 aromatic rings. The summed E-state index contributed by atoms with van der Waals surface area (Å²) in [5, 5.41) is 0. The molecule has 0 spiro atoms. The molecule has 0 atom stereocenters. The van der Waals surface area contributed by atoms with E-state index in [1.54, 1.807) is 18.6 Å². The van der Waals surface area contributed by atoms with E-state index in [-0.39, 0.29) is 5.91 Å². The first-order valence-corrected chi connectivity index (χ1v) is 11.8. The van der Waals surface area contributed by atoms with Crippen LogP contribution in [0.3, 0.4) is 0 Å². The molecule has 1 aliphatic rings. The van der Waals surface area contributed by atoms with Gasteiger partial charge in [0.05, 0.1) is 11.3 Å². The summed E-state index contributed by atoms with van der Waals surface area (Å²) in [6.07, 6.45) is 8.37. The molecule has 0 unspecified atom stereocenters. The number of rotatable bonds is 5. The van der Waals surface area contributed by atoms with Gasteiger partial charge in [-0.15, -0.1) is 0 Å². The van der Waals surface area contributed by atoms with Gasteiger partial charge in [-0.2, -0.15) is 0 Å². The Balaban J connectivity index is 1.28. The molecular formula is C28H29N5O. The summed E-state index contributed by atoms with van der Waals surface area (Å²) in [7, 11) is 0. The molecule has 1 aromatic carbocycles. The second-order valence-corrected chi connectivity index (χ2v) is 9.11. The number of piperidine rings is 1. The molecule has 0 radical (unpaired) electrons. The van der Waals surface area contributed by atoms with Crippen LogP contribution in [-0.2, 0) is 6.42 Å². The Morgan fingerprint density at radius 2 is 1.82 bits per heavy atom. The van der Waals surface area contributed by atoms with Crippen molar-refractivity contribution in [3.05, 3.63) is 89.6 Å². The number of hydrogen-bond donors (Lipinski definition) is 1. The largest absolute Gasteiger partial charge is 0.341 e. The Kier molecular flexibility index (Phi) is 6.21. The minimum atomic E-state index is 0.0547. The van der Waals surface area contributed by atoms with Crippen LogP contribution < -0.4 is 0 Å². The fraction of sp³-hybridized carbons (Fsp3) is 0.286. The molecule has 1 aliphatic heterocycles. The lowest BCUT2D eigenvalue weighted by Gasteiger charge is -2.32. The highest BCUT2D eigenvalue weighted by atomic mass is 16.2. The van der Waals surface area contributed by atoms with Crippen molar-refractivity contribution >= 4 is 5.91 Å². The average Bonchev–Trinajstić information content (AvgIpc) is 3.23. The quantitative estimate of drug-likeness (QED) is 0.450. The Morgan fingerprint density at radius 1 is 1.03 bits per heavy atom. The smallest absolute Gasteiger partial charge is 0.255 e. The maximum absolute atomic E-state index is 13.2. The molecule has 0 saturated carbocycles. The zero-order chi connectivity index (χ0) is 23.5. The summed E-state index contributed by atoms with van der Waals surface area (Å²) in [6, 6.07) is 16.5. The van der Waals surface area contributed by atoms with Gasteiger partial charge in [0.25, 0.3) is 5.91 Å². The van der Waals surface area contributed by atoms with Gasteiger partial charge in [0.15, 0.2) is 5.82 Å². The number of aryl methyl sites for hydroxylation is 2. The number of nitrogens with zero attached hydrogens (tertiary/aromatic N) is 4. The van der Waals surface area contributed by atoms with Crippen LogP contribution in [0, 0.1) is 19.8 Å². The van der Waals surface area contributed by atoms with Crippen LogP contribution in [0.25, 0.3) is 22.6 Å². The molecule has 34 heavy (non-hydrogen) atoms. The van der Waals surface area contributed by atoms with E-state index >= 15 is 0 Å². The van der Waals surface area contributed by atoms with Crippen molar-refractivity contribution in [3.63, 3.8) is 0 Å². The van der Waals surface area contributed by atoms with Gasteiger partial charge in [-0.1, -0.05) is 30.3 Å². The maximum atomic E-state index is 13.2. The van der Waals surface area contributed by atoms with Crippen LogP contribution in [0.5, 0.6) is 0 Å². The highest BCUT2D eigenvalue weighted by molar-refractivity contribution is 5.95. The van der Waals surface area contributed by atoms with Crippen LogP contribution in [0.4, 0.5) is 0 Å². The zero-order valence-electron chi connectivity index (χ0n) is 19.7. The van der Waals surface area contributed by atoms with Gasteiger partial charge in [-0.25, -0.2) is 4.98 Å². The van der Waals surface area contributed by atoms with Gasteiger partial charge in [0.1, 0.15) is 5.69 Å². The number of carbonyl (C=O) groups is 1. The monoisotopic (exact) mass is 451 g/mol. The Labute approximate surface area is 200 Å². The van der Waals surface area contributed by atoms with Crippen molar-refractivity contribution in [1.29, 1.82) is 0 Å². The van der Waals surface area contributed by atoms with E-state index < -0.39 is 0 Å². The minimum absolute atomic E-state index is 0.0547. The van der Waals surface area contributed by atoms with Crippen molar-refractivity contribution in [2.45, 2.75) is 33.1 Å². The molecule has 4 heterocycles. The summed E-state index contributed by atoms with van der Waals surface area (Å²) in [5.74, 6) is 1.43. The topological polar surface area (TPSA) is 74.8 Å². The molecular weight excluding hydrogens is 422 g/mol. The number of aromatic nitrogens is 4. The first-order chi connectivity index (χ1) is 16.6. The molecule has 172 valence electrons. The first-order valence-electron chi connectivity index (χ1n) is 11.8. The van der Waals surface area contributed by atoms with Gasteiger partial charge in [0, 0.05) is 42.9 Å². The number of nitrogens with one attached hydrogen (secondary N) is 1. The predicted molar refractivity (Wildman–Crippen MR) is 133 cm³/mol. The highest BCUT2D eigenvalue weighted by Gasteiger charge is 2.24. The van der Waals surface area contributed by atoms with Crippen LogP contribution >= 0.6 is 0 Å². The summed E-state index contributed by atoms with van der Waals surface area (Å²) in [6.45, 7) is 5.55. The lowest BCUT2D eigenvalue weighted by Crippen LogP contribution is -2.39. The number of carbonyl (C=O) groups excluding carboxylic acids is 1. The van der Waals surface area contributed by atoms with Crippen LogP contribution in [0.2, 0.25) is 0 Å². The predicted octanol–water partition coefficient (Wildman–Crippen LogP) is 5.25. The summed E-state index contributed by atoms with van der Waals surface area (Å²) < 4.78 is 0. The standard InChI is InChI=1S/C28H29N5O/c1-19-20(2)32-27(31-19)26-16-23(8-11-30-26)24-15-25(18-29-17-24)28(34)33-12-9-22(10-13-33)14-21-6-4-3-5-7-21/h3-8,11,15-18,22H,9-10,12-14H2,1-2H3,(H,31,32). The van der Waals surface area contributed by atoms with E-state index in [9.17, 15) is 4.79 Å². The molecule has 6 heteroatoms. The Bertz CT molecular complexity index is 1270. The second-order valence-electron chi connectivity index (χ2n) is 9.11. The number of hydrogen-bond acceptors (Lipinski definition) is 4. The maximum Gasteiger partial charge on any atom is 0.255 e. The van der Waals surface area contributed by atoms with Crippen molar-refractivity contribution in [2.75, 3.05) is 13.1 Å². The van der Waals surface area contributed by atoms with Gasteiger partial charge >= 0.3 is 0 Å². The van der Waals surface area contributed by atoms with Crippen LogP contribution in [-0.4, -0.2) is 43.8 Å². The molecule has 0 bridgehead atoms. The fourth-order valence-corrected chi connectivity index (χ4v) is 4.59. The number of likely N-dealkylation sites (tertiary alicyclic amines) is 1. The Hall–Kier alpha value is -3.80. The van der Waals surface area contributed by atoms with Gasteiger partial charge < -0.3 is 9.88 Å². The third-order valence-electron chi connectivity index (χ3n) is 6.72. The van der Waals surface area contributed by atoms with Gasteiger partial charge in [-0.3, -0.25) is 14.8 Å². The number of imidazole rings is 1. The normalized spacial score (nSPS) is 14.4. The van der Waals surface area contributed by atoms with E-state index in [1.807, 2.05) is 36.9 Å². The molecule has 1 amide bonds. The SMILES string of the molecule is Cc1nc(-c2cc(-c3cncc(C(=O)N4CCC(Cc5ccccc5)CC4)c3)ccn2)[nH]c1C. The van der Waals surface area contributed by atoms with Crippen LogP contribution in [0.15, 0.2) is 67.1 Å². The van der Waals surface area contributed by atoms with Gasteiger partial charge in [0.2, 0.25) is 0 Å². The number of H-pyrrole nitrogens is 1. The summed E-state index contributed by atoms with van der Waals surface area (Å²) in [4.78, 5) is 31.9. The minimum Gasteiger partial charge on any atom is -0.341 e.